The van der Waals surface area contributed by atoms with E-state index >= 15 is 0 Å². The lowest BCUT2D eigenvalue weighted by Gasteiger charge is -2.21. The van der Waals surface area contributed by atoms with Crippen LogP contribution < -0.4 is 0 Å². The Morgan fingerprint density at radius 1 is 0.429 bits per heavy atom. The zero-order chi connectivity index (χ0) is 51.3. The van der Waals surface area contributed by atoms with Crippen LogP contribution in [0.15, 0.2) is 122 Å². The first-order valence-electron chi connectivity index (χ1n) is 26.4. The topological polar surface area (TPSA) is 155 Å². The molecule has 0 aliphatic carbocycles. The normalized spacial score (nSPS) is 14.4. The number of carbonyl (C=O) groups is 3. The number of rotatable bonds is 47. The van der Waals surface area contributed by atoms with Crippen molar-refractivity contribution >= 4 is 25.7 Å². The van der Waals surface area contributed by atoms with Gasteiger partial charge in [-0.15, -0.1) is 0 Å². The first kappa shape index (κ1) is 65.9. The van der Waals surface area contributed by atoms with Gasteiger partial charge in [0.2, 0.25) is 0 Å². The van der Waals surface area contributed by atoms with Crippen molar-refractivity contribution in [1.82, 2.24) is 0 Å². The van der Waals surface area contributed by atoms with E-state index in [0.717, 1.165) is 96.3 Å². The van der Waals surface area contributed by atoms with Crippen LogP contribution in [0.4, 0.5) is 0 Å². The summed E-state index contributed by atoms with van der Waals surface area (Å²) in [5.41, 5.74) is 0. The van der Waals surface area contributed by atoms with E-state index in [2.05, 4.69) is 118 Å². The van der Waals surface area contributed by atoms with Crippen molar-refractivity contribution in [3.8, 4) is 0 Å². The number of unbranched alkanes of at least 4 members (excludes halogenated alkanes) is 11. The molecule has 0 spiro atoms. The molecule has 0 amide bonds. The number of allylic oxidation sites excluding steroid dienone is 19. The second kappa shape index (κ2) is 51.2. The predicted octanol–water partition coefficient (Wildman–Crippen LogP) is 15.2. The van der Waals surface area contributed by atoms with E-state index in [4.69, 9.17) is 23.3 Å². The third-order valence-electron chi connectivity index (χ3n) is 10.4. The summed E-state index contributed by atoms with van der Waals surface area (Å²) >= 11 is 0. The predicted molar refractivity (Wildman–Crippen MR) is 288 cm³/mol. The third kappa shape index (κ3) is 48.9. The van der Waals surface area contributed by atoms with Crippen LogP contribution in [-0.2, 0) is 42.2 Å². The van der Waals surface area contributed by atoms with E-state index in [0.29, 0.717) is 19.3 Å². The lowest BCUT2D eigenvalue weighted by Crippen LogP contribution is -2.30. The number of carbonyl (C=O) groups excluding carboxylic acids is 3. The Morgan fingerprint density at radius 2 is 0.800 bits per heavy atom. The van der Waals surface area contributed by atoms with Crippen molar-refractivity contribution in [2.75, 3.05) is 26.4 Å². The molecule has 11 nitrogen and oxygen atoms in total. The van der Waals surface area contributed by atoms with Gasteiger partial charge in [-0.25, -0.2) is 4.57 Å². The van der Waals surface area contributed by atoms with Gasteiger partial charge in [0.25, 0.3) is 0 Å². The van der Waals surface area contributed by atoms with Crippen LogP contribution >= 0.6 is 7.82 Å². The number of hydrogen-bond acceptors (Lipinski definition) is 10. The van der Waals surface area contributed by atoms with Gasteiger partial charge in [-0.1, -0.05) is 200 Å². The van der Waals surface area contributed by atoms with Crippen LogP contribution in [0.25, 0.3) is 0 Å². The minimum absolute atomic E-state index is 0.0630. The lowest BCUT2D eigenvalue weighted by atomic mass is 10.1. The maximum absolute atomic E-state index is 12.8. The molecule has 0 aliphatic rings. The molecular weight excluding hydrogens is 904 g/mol. The van der Waals surface area contributed by atoms with Crippen molar-refractivity contribution in [3.05, 3.63) is 122 Å². The summed E-state index contributed by atoms with van der Waals surface area (Å²) in [5, 5.41) is 9.76. The molecule has 0 bridgehead atoms. The summed E-state index contributed by atoms with van der Waals surface area (Å²) in [7, 11) is -4.78. The summed E-state index contributed by atoms with van der Waals surface area (Å²) in [5.74, 6) is -1.66. The Balaban J connectivity index is 4.84. The van der Waals surface area contributed by atoms with Crippen molar-refractivity contribution in [3.63, 3.8) is 0 Å². The summed E-state index contributed by atoms with van der Waals surface area (Å²) in [6, 6.07) is 0. The number of esters is 3. The molecule has 3 atom stereocenters. The van der Waals surface area contributed by atoms with E-state index in [9.17, 15) is 28.9 Å². The first-order valence-corrected chi connectivity index (χ1v) is 27.9. The molecule has 0 saturated carbocycles. The zero-order valence-corrected chi connectivity index (χ0v) is 44.3. The average molecular weight is 997 g/mol. The third-order valence-corrected chi connectivity index (χ3v) is 11.4. The molecule has 396 valence electrons. The molecule has 2 N–H and O–H groups in total. The second-order valence-corrected chi connectivity index (χ2v) is 18.4. The molecule has 0 radical (unpaired) electrons. The van der Waals surface area contributed by atoms with E-state index in [-0.39, 0.29) is 25.9 Å². The lowest BCUT2D eigenvalue weighted by molar-refractivity contribution is -0.161. The van der Waals surface area contributed by atoms with Gasteiger partial charge < -0.3 is 24.2 Å². The highest BCUT2D eigenvalue weighted by molar-refractivity contribution is 7.47. The maximum Gasteiger partial charge on any atom is 0.472 e. The number of aliphatic hydroxyl groups excluding tert-OH is 1. The highest BCUT2D eigenvalue weighted by atomic mass is 31.2. The molecule has 0 aromatic heterocycles. The van der Waals surface area contributed by atoms with Gasteiger partial charge in [-0.05, 0) is 89.9 Å². The summed E-state index contributed by atoms with van der Waals surface area (Å²) in [4.78, 5) is 48.2. The fourth-order valence-electron chi connectivity index (χ4n) is 6.46. The smallest absolute Gasteiger partial charge is 0.462 e. The summed E-state index contributed by atoms with van der Waals surface area (Å²) < 4.78 is 39.2. The highest BCUT2D eigenvalue weighted by Crippen LogP contribution is 2.43. The molecule has 0 saturated heterocycles. The Hall–Kier alpha value is -4.12. The number of aliphatic hydroxyl groups is 1. The zero-order valence-electron chi connectivity index (χ0n) is 43.4. The van der Waals surface area contributed by atoms with Crippen LogP contribution in [0.2, 0.25) is 0 Å². The molecule has 70 heavy (non-hydrogen) atoms. The van der Waals surface area contributed by atoms with Gasteiger partial charge in [0.1, 0.15) is 12.7 Å². The van der Waals surface area contributed by atoms with E-state index in [1.165, 1.54) is 32.1 Å². The molecule has 0 rings (SSSR count). The van der Waals surface area contributed by atoms with Gasteiger partial charge in [-0.3, -0.25) is 23.4 Å². The van der Waals surface area contributed by atoms with Crippen LogP contribution in [0.3, 0.4) is 0 Å². The van der Waals surface area contributed by atoms with Gasteiger partial charge in [0.05, 0.1) is 26.2 Å². The minimum Gasteiger partial charge on any atom is -0.462 e. The molecule has 12 heteroatoms. The minimum atomic E-state index is -4.78. The van der Waals surface area contributed by atoms with Crippen LogP contribution in [-0.4, -0.2) is 66.5 Å². The fraction of sp³-hybridized carbons (Fsp3) is 0.603. The molecule has 3 unspecified atom stereocenters. The monoisotopic (exact) mass is 997 g/mol. The quantitative estimate of drug-likeness (QED) is 0.0197. The van der Waals surface area contributed by atoms with Crippen LogP contribution in [0, 0.1) is 0 Å². The Morgan fingerprint density at radius 3 is 1.26 bits per heavy atom. The molecular formula is C58H93O11P. The second-order valence-electron chi connectivity index (χ2n) is 16.9. The Bertz CT molecular complexity index is 1630. The maximum atomic E-state index is 12.8. The highest BCUT2D eigenvalue weighted by Gasteiger charge is 2.28. The van der Waals surface area contributed by atoms with Gasteiger partial charge in [0, 0.05) is 12.8 Å². The van der Waals surface area contributed by atoms with Crippen molar-refractivity contribution in [2.24, 2.45) is 0 Å². The van der Waals surface area contributed by atoms with Gasteiger partial charge in [-0.2, -0.15) is 0 Å². The average Bonchev–Trinajstić information content (AvgIpc) is 3.35. The molecule has 0 aromatic carbocycles. The van der Waals surface area contributed by atoms with Crippen LogP contribution in [0.1, 0.15) is 188 Å². The van der Waals surface area contributed by atoms with Crippen molar-refractivity contribution < 1.29 is 52.2 Å². The SMILES string of the molecule is CC/C=C\C/C=C\C/C=C\C/C=C\C/C=C\CCCCCC(=O)OC(COC(=O)CCCCCCCCCCC)COP(=O)(O)OCC(CO)OC(=O)C/C=C\C/C=C\C/C=C\C/C=C\C/C=C\CC. The van der Waals surface area contributed by atoms with Gasteiger partial charge in [0.15, 0.2) is 6.10 Å². The molecule has 0 aliphatic heterocycles. The van der Waals surface area contributed by atoms with Crippen LogP contribution in [0.5, 0.6) is 0 Å². The standard InChI is InChI=1S/C58H93O11P/c1-4-7-10-13-16-19-21-23-25-26-27-28-30-32-34-37-40-43-46-49-58(62)69-55(51-65-56(60)47-44-41-38-35-18-15-12-9-6-3)53-67-70(63,64)66-52-54(50-59)68-57(61)48-45-42-39-36-33-31-29-24-22-20-17-14-11-8-5-2/h7-8,10-11,16-17,19-20,23-25,27-29,32-34,36,42,45,54-55,59H,4-6,9,12-15,18,21-22,26,30-31,35,37-41,43-44,46-53H2,1-3H3,(H,63,64)/b10-7-,11-8-,19-16-,20-17-,25-23-,28-27-,29-24-,34-32-,36-33-,45-42-. The summed E-state index contributed by atoms with van der Waals surface area (Å²) in [6.07, 6.45) is 62.0. The van der Waals surface area contributed by atoms with E-state index < -0.39 is 57.8 Å². The van der Waals surface area contributed by atoms with Crippen molar-refractivity contribution in [2.45, 2.75) is 200 Å². The Labute approximate surface area is 424 Å². The first-order chi connectivity index (χ1) is 34.2. The Kier molecular flexibility index (Phi) is 48.2. The number of phosphoric ester groups is 1. The molecule has 0 aromatic rings. The van der Waals surface area contributed by atoms with Crippen molar-refractivity contribution in [1.29, 1.82) is 0 Å². The number of ether oxygens (including phenoxy) is 3. The number of hydrogen-bond donors (Lipinski definition) is 2. The summed E-state index contributed by atoms with van der Waals surface area (Å²) in [6.45, 7) is 4.21. The fourth-order valence-corrected chi connectivity index (χ4v) is 7.24. The van der Waals surface area contributed by atoms with E-state index in [1.54, 1.807) is 6.08 Å². The van der Waals surface area contributed by atoms with Gasteiger partial charge >= 0.3 is 25.7 Å². The molecule has 0 heterocycles. The number of phosphoric acid groups is 1. The largest absolute Gasteiger partial charge is 0.472 e. The molecule has 0 fully saturated rings. The van der Waals surface area contributed by atoms with E-state index in [1.807, 2.05) is 18.2 Å².